The van der Waals surface area contributed by atoms with Crippen molar-refractivity contribution in [2.45, 2.75) is 45.2 Å². The Bertz CT molecular complexity index is 518. The monoisotopic (exact) mass is 319 g/mol. The van der Waals surface area contributed by atoms with Gasteiger partial charge in [0, 0.05) is 51.2 Å². The second kappa shape index (κ2) is 6.65. The van der Waals surface area contributed by atoms with E-state index < -0.39 is 0 Å². The van der Waals surface area contributed by atoms with Crippen molar-refractivity contribution in [2.24, 2.45) is 5.41 Å². The largest absolute Gasteiger partial charge is 0.383 e. The van der Waals surface area contributed by atoms with Crippen molar-refractivity contribution in [3.63, 3.8) is 0 Å². The van der Waals surface area contributed by atoms with Gasteiger partial charge in [0.15, 0.2) is 0 Å². The van der Waals surface area contributed by atoms with E-state index in [1.54, 1.807) is 13.3 Å². The summed E-state index contributed by atoms with van der Waals surface area (Å²) in [7, 11) is 1.79. The number of aromatic nitrogens is 1. The summed E-state index contributed by atoms with van der Waals surface area (Å²) in [6, 6.07) is 2.93. The SMILES string of the molecule is COCC1CC2(CCN(C(=O)c3cc[nH]c3)CC2)CN1C(C)C. The molecule has 3 rings (SSSR count). The van der Waals surface area contributed by atoms with Crippen LogP contribution in [0, 0.1) is 5.41 Å². The molecule has 23 heavy (non-hydrogen) atoms. The third kappa shape index (κ3) is 3.31. The second-order valence-electron chi connectivity index (χ2n) is 7.47. The number of likely N-dealkylation sites (tertiary alicyclic amines) is 2. The van der Waals surface area contributed by atoms with E-state index in [2.05, 4.69) is 23.7 Å². The Morgan fingerprint density at radius 1 is 1.43 bits per heavy atom. The number of nitrogens with one attached hydrogen (secondary N) is 1. The van der Waals surface area contributed by atoms with E-state index in [9.17, 15) is 4.79 Å². The number of H-pyrrole nitrogens is 1. The van der Waals surface area contributed by atoms with Gasteiger partial charge in [-0.2, -0.15) is 0 Å². The molecule has 2 aliphatic heterocycles. The zero-order chi connectivity index (χ0) is 16.4. The lowest BCUT2D eigenvalue weighted by atomic mass is 9.76. The number of methoxy groups -OCH3 is 1. The minimum Gasteiger partial charge on any atom is -0.383 e. The number of hydrogen-bond donors (Lipinski definition) is 1. The Morgan fingerprint density at radius 2 is 2.17 bits per heavy atom. The fourth-order valence-electron chi connectivity index (χ4n) is 4.34. The van der Waals surface area contributed by atoms with Gasteiger partial charge in [-0.25, -0.2) is 0 Å². The van der Waals surface area contributed by atoms with Crippen molar-refractivity contribution in [1.29, 1.82) is 0 Å². The van der Waals surface area contributed by atoms with Crippen LogP contribution in [0.15, 0.2) is 18.5 Å². The fourth-order valence-corrected chi connectivity index (χ4v) is 4.34. The standard InChI is InChI=1S/C18H29N3O2/c1-14(2)21-13-18(10-16(21)12-23-3)5-8-20(9-6-18)17(22)15-4-7-19-11-15/h4,7,11,14,16,19H,5-6,8-10,12-13H2,1-3H3. The highest BCUT2D eigenvalue weighted by Gasteiger charge is 2.46. The molecular weight excluding hydrogens is 290 g/mol. The van der Waals surface area contributed by atoms with Gasteiger partial charge < -0.3 is 14.6 Å². The molecule has 0 saturated carbocycles. The van der Waals surface area contributed by atoms with Crippen LogP contribution >= 0.6 is 0 Å². The molecule has 0 aromatic carbocycles. The van der Waals surface area contributed by atoms with Crippen LogP contribution in [0.4, 0.5) is 0 Å². The highest BCUT2D eigenvalue weighted by Crippen LogP contribution is 2.44. The molecule has 2 aliphatic rings. The highest BCUT2D eigenvalue weighted by molar-refractivity contribution is 5.94. The molecule has 1 N–H and O–H groups in total. The van der Waals surface area contributed by atoms with E-state index in [0.717, 1.165) is 44.6 Å². The zero-order valence-corrected chi connectivity index (χ0v) is 14.5. The fraction of sp³-hybridized carbons (Fsp3) is 0.722. The van der Waals surface area contributed by atoms with E-state index >= 15 is 0 Å². The number of hydrogen-bond acceptors (Lipinski definition) is 3. The van der Waals surface area contributed by atoms with Gasteiger partial charge in [0.25, 0.3) is 5.91 Å². The van der Waals surface area contributed by atoms with Gasteiger partial charge in [0.1, 0.15) is 0 Å². The summed E-state index contributed by atoms with van der Waals surface area (Å²) in [6.07, 6.45) is 7.01. The van der Waals surface area contributed by atoms with Crippen LogP contribution in [-0.2, 0) is 4.74 Å². The van der Waals surface area contributed by atoms with E-state index in [1.165, 1.54) is 6.42 Å². The molecule has 1 amide bonds. The molecule has 128 valence electrons. The van der Waals surface area contributed by atoms with Crippen molar-refractivity contribution in [3.05, 3.63) is 24.0 Å². The molecule has 1 aromatic heterocycles. The maximum Gasteiger partial charge on any atom is 0.255 e. The quantitative estimate of drug-likeness (QED) is 0.927. The Balaban J connectivity index is 1.63. The summed E-state index contributed by atoms with van der Waals surface area (Å²) in [5, 5.41) is 0. The number of nitrogens with zero attached hydrogens (tertiary/aromatic N) is 2. The third-order valence-electron chi connectivity index (χ3n) is 5.63. The molecule has 0 bridgehead atoms. The Kier molecular flexibility index (Phi) is 4.78. The summed E-state index contributed by atoms with van der Waals surface area (Å²) < 4.78 is 5.44. The molecule has 1 spiro atoms. The molecule has 2 saturated heterocycles. The molecular formula is C18H29N3O2. The van der Waals surface area contributed by atoms with Gasteiger partial charge in [-0.05, 0) is 44.6 Å². The first kappa shape index (κ1) is 16.5. The number of piperidine rings is 1. The van der Waals surface area contributed by atoms with Crippen molar-refractivity contribution in [2.75, 3.05) is 33.4 Å². The zero-order valence-electron chi connectivity index (χ0n) is 14.5. The molecule has 5 nitrogen and oxygen atoms in total. The van der Waals surface area contributed by atoms with Gasteiger partial charge in [-0.1, -0.05) is 0 Å². The van der Waals surface area contributed by atoms with Crippen molar-refractivity contribution in [3.8, 4) is 0 Å². The van der Waals surface area contributed by atoms with Crippen LogP contribution in [-0.4, -0.2) is 66.1 Å². The summed E-state index contributed by atoms with van der Waals surface area (Å²) in [4.78, 5) is 20.0. The molecule has 3 heterocycles. The summed E-state index contributed by atoms with van der Waals surface area (Å²) in [5.74, 6) is 0.160. The number of ether oxygens (including phenoxy) is 1. The average Bonchev–Trinajstić information content (AvgIpc) is 3.17. The van der Waals surface area contributed by atoms with Crippen LogP contribution < -0.4 is 0 Å². The molecule has 1 unspecified atom stereocenters. The predicted octanol–water partition coefficient (Wildman–Crippen LogP) is 2.37. The summed E-state index contributed by atoms with van der Waals surface area (Å²) >= 11 is 0. The Morgan fingerprint density at radius 3 is 2.74 bits per heavy atom. The van der Waals surface area contributed by atoms with Gasteiger partial charge in [-0.15, -0.1) is 0 Å². The van der Waals surface area contributed by atoms with Crippen LogP contribution in [0.1, 0.15) is 43.5 Å². The van der Waals surface area contributed by atoms with Gasteiger partial charge in [0.2, 0.25) is 0 Å². The molecule has 1 atom stereocenters. The number of carbonyl (C=O) groups excluding carboxylic acids is 1. The molecule has 5 heteroatoms. The maximum absolute atomic E-state index is 12.5. The van der Waals surface area contributed by atoms with Crippen LogP contribution in [0.3, 0.4) is 0 Å². The van der Waals surface area contributed by atoms with E-state index in [4.69, 9.17) is 4.74 Å². The van der Waals surface area contributed by atoms with Crippen LogP contribution in [0.25, 0.3) is 0 Å². The minimum absolute atomic E-state index is 0.160. The minimum atomic E-state index is 0.160. The maximum atomic E-state index is 12.5. The van der Waals surface area contributed by atoms with Crippen molar-refractivity contribution >= 4 is 5.91 Å². The molecule has 2 fully saturated rings. The van der Waals surface area contributed by atoms with Gasteiger partial charge in [-0.3, -0.25) is 9.69 Å². The summed E-state index contributed by atoms with van der Waals surface area (Å²) in [6.45, 7) is 8.24. The molecule has 0 radical (unpaired) electrons. The van der Waals surface area contributed by atoms with Crippen LogP contribution in [0.2, 0.25) is 0 Å². The topological polar surface area (TPSA) is 48.6 Å². The van der Waals surface area contributed by atoms with Crippen molar-refractivity contribution < 1.29 is 9.53 Å². The molecule has 0 aliphatic carbocycles. The average molecular weight is 319 g/mol. The first-order valence-electron chi connectivity index (χ1n) is 8.71. The lowest BCUT2D eigenvalue weighted by Gasteiger charge is -2.39. The first-order chi connectivity index (χ1) is 11.0. The lowest BCUT2D eigenvalue weighted by molar-refractivity contribution is 0.0582. The normalized spacial score (nSPS) is 24.7. The molecule has 1 aromatic rings. The summed E-state index contributed by atoms with van der Waals surface area (Å²) in [5.41, 5.74) is 1.14. The number of carbonyl (C=O) groups is 1. The Hall–Kier alpha value is -1.33. The third-order valence-corrected chi connectivity index (χ3v) is 5.63. The lowest BCUT2D eigenvalue weighted by Crippen LogP contribution is -2.44. The number of rotatable bonds is 4. The predicted molar refractivity (Wildman–Crippen MR) is 90.5 cm³/mol. The van der Waals surface area contributed by atoms with Gasteiger partial charge in [0.05, 0.1) is 12.2 Å². The second-order valence-corrected chi connectivity index (χ2v) is 7.47. The highest BCUT2D eigenvalue weighted by atomic mass is 16.5. The number of aromatic amines is 1. The van der Waals surface area contributed by atoms with Crippen LogP contribution in [0.5, 0.6) is 0 Å². The number of amides is 1. The first-order valence-corrected chi connectivity index (χ1v) is 8.71. The van der Waals surface area contributed by atoms with Crippen molar-refractivity contribution in [1.82, 2.24) is 14.8 Å². The Labute approximate surface area is 139 Å². The van der Waals surface area contributed by atoms with E-state index in [-0.39, 0.29) is 5.91 Å². The smallest absolute Gasteiger partial charge is 0.255 e. The van der Waals surface area contributed by atoms with E-state index in [1.807, 2.05) is 17.2 Å². The van der Waals surface area contributed by atoms with Gasteiger partial charge >= 0.3 is 0 Å². The van der Waals surface area contributed by atoms with E-state index in [0.29, 0.717) is 17.5 Å².